The van der Waals surface area contributed by atoms with Gasteiger partial charge < -0.3 is 10.1 Å². The number of amides is 5. The van der Waals surface area contributed by atoms with E-state index in [0.717, 1.165) is 0 Å². The number of benzene rings is 2. The summed E-state index contributed by atoms with van der Waals surface area (Å²) in [5.74, 6) is -2.10. The Morgan fingerprint density at radius 2 is 1.62 bits per heavy atom. The first-order chi connectivity index (χ1) is 12.5. The van der Waals surface area contributed by atoms with Gasteiger partial charge in [-0.3, -0.25) is 25.0 Å². The minimum atomic E-state index is -2.07. The molecule has 26 heavy (non-hydrogen) atoms. The second kappa shape index (κ2) is 6.67. The van der Waals surface area contributed by atoms with Crippen LogP contribution in [-0.4, -0.2) is 30.9 Å². The highest BCUT2D eigenvalue weighted by atomic mass is 16.5. The van der Waals surface area contributed by atoms with Crippen LogP contribution in [0.3, 0.4) is 0 Å². The average molecular weight is 353 g/mol. The first-order valence-electron chi connectivity index (χ1n) is 7.66. The summed E-state index contributed by atoms with van der Waals surface area (Å²) in [6, 6.07) is 13.3. The van der Waals surface area contributed by atoms with Crippen LogP contribution < -0.4 is 20.7 Å². The molecule has 0 spiro atoms. The van der Waals surface area contributed by atoms with Crippen LogP contribution in [0.15, 0.2) is 54.6 Å². The van der Waals surface area contributed by atoms with Gasteiger partial charge >= 0.3 is 6.03 Å². The SMILES string of the molecule is COc1cccc(C(=O)NC2(c3ccccc3)C(=O)NC(=O)NC2=O)c1. The van der Waals surface area contributed by atoms with Gasteiger partial charge in [-0.2, -0.15) is 0 Å². The van der Waals surface area contributed by atoms with Gasteiger partial charge in [-0.25, -0.2) is 4.79 Å². The maximum absolute atomic E-state index is 12.7. The molecule has 8 nitrogen and oxygen atoms in total. The number of methoxy groups -OCH3 is 1. The second-order valence-electron chi connectivity index (χ2n) is 5.54. The van der Waals surface area contributed by atoms with E-state index in [1.54, 1.807) is 30.3 Å². The van der Waals surface area contributed by atoms with Crippen LogP contribution >= 0.6 is 0 Å². The zero-order valence-electron chi connectivity index (χ0n) is 13.7. The largest absolute Gasteiger partial charge is 0.497 e. The van der Waals surface area contributed by atoms with Gasteiger partial charge in [-0.15, -0.1) is 0 Å². The van der Waals surface area contributed by atoms with Crippen molar-refractivity contribution < 1.29 is 23.9 Å². The first-order valence-corrected chi connectivity index (χ1v) is 7.66. The van der Waals surface area contributed by atoms with Crippen molar-refractivity contribution in [2.24, 2.45) is 0 Å². The summed E-state index contributed by atoms with van der Waals surface area (Å²) in [5, 5.41) is 6.52. The Morgan fingerprint density at radius 3 is 2.23 bits per heavy atom. The molecule has 2 aromatic rings. The second-order valence-corrected chi connectivity index (χ2v) is 5.54. The third-order valence-electron chi connectivity index (χ3n) is 3.98. The molecule has 0 aliphatic carbocycles. The van der Waals surface area contributed by atoms with E-state index in [2.05, 4.69) is 5.32 Å². The average Bonchev–Trinajstić information content (AvgIpc) is 2.65. The number of imide groups is 2. The zero-order chi connectivity index (χ0) is 18.7. The van der Waals surface area contributed by atoms with Crippen molar-refractivity contribution in [3.8, 4) is 5.75 Å². The molecular weight excluding hydrogens is 338 g/mol. The smallest absolute Gasteiger partial charge is 0.328 e. The molecule has 0 atom stereocenters. The van der Waals surface area contributed by atoms with Crippen LogP contribution in [0, 0.1) is 0 Å². The molecule has 8 heteroatoms. The van der Waals surface area contributed by atoms with Crippen LogP contribution in [0.4, 0.5) is 4.79 Å². The normalized spacial score (nSPS) is 15.7. The van der Waals surface area contributed by atoms with Crippen LogP contribution in [0.5, 0.6) is 5.75 Å². The molecule has 3 N–H and O–H groups in total. The standard InChI is InChI=1S/C18H15N3O5/c1-26-13-9-5-6-11(10-13)14(22)21-18(12-7-3-2-4-8-12)15(23)19-17(25)20-16(18)24/h2-10H,1H3,(H,21,22)(H2,19,20,23,24,25). The van der Waals surface area contributed by atoms with E-state index in [4.69, 9.17) is 4.74 Å². The third kappa shape index (κ3) is 2.88. The van der Waals surface area contributed by atoms with Crippen LogP contribution in [0.1, 0.15) is 15.9 Å². The predicted octanol–water partition coefficient (Wildman–Crippen LogP) is 0.686. The highest BCUT2D eigenvalue weighted by Gasteiger charge is 2.53. The summed E-state index contributed by atoms with van der Waals surface area (Å²) < 4.78 is 5.08. The topological polar surface area (TPSA) is 114 Å². The summed E-state index contributed by atoms with van der Waals surface area (Å²) in [5.41, 5.74) is -1.66. The molecule has 1 fully saturated rings. The number of barbiturate groups is 1. The zero-order valence-corrected chi connectivity index (χ0v) is 13.7. The highest BCUT2D eigenvalue weighted by molar-refractivity contribution is 6.24. The monoisotopic (exact) mass is 353 g/mol. The molecule has 0 bridgehead atoms. The molecule has 3 rings (SSSR count). The molecule has 1 saturated heterocycles. The van der Waals surface area contributed by atoms with Crippen molar-refractivity contribution in [3.63, 3.8) is 0 Å². The Morgan fingerprint density at radius 1 is 0.962 bits per heavy atom. The number of carbonyl (C=O) groups excluding carboxylic acids is 4. The highest BCUT2D eigenvalue weighted by Crippen LogP contribution is 2.25. The maximum atomic E-state index is 12.7. The quantitative estimate of drug-likeness (QED) is 0.700. The molecule has 0 unspecified atom stereocenters. The van der Waals surface area contributed by atoms with E-state index >= 15 is 0 Å². The molecule has 1 heterocycles. The molecule has 2 aromatic carbocycles. The minimum absolute atomic E-state index is 0.192. The van der Waals surface area contributed by atoms with Gasteiger partial charge in [0.15, 0.2) is 0 Å². The van der Waals surface area contributed by atoms with Gasteiger partial charge in [0.1, 0.15) is 5.75 Å². The van der Waals surface area contributed by atoms with Gasteiger partial charge in [-0.05, 0) is 23.8 Å². The van der Waals surface area contributed by atoms with E-state index < -0.39 is 29.3 Å². The third-order valence-corrected chi connectivity index (χ3v) is 3.98. The first kappa shape index (κ1) is 17.2. The lowest BCUT2D eigenvalue weighted by Crippen LogP contribution is -2.71. The van der Waals surface area contributed by atoms with Gasteiger partial charge in [0.05, 0.1) is 7.11 Å². The number of carbonyl (C=O) groups is 4. The van der Waals surface area contributed by atoms with E-state index in [1.165, 1.54) is 31.4 Å². The molecule has 0 aromatic heterocycles. The molecule has 1 aliphatic rings. The van der Waals surface area contributed by atoms with Crippen LogP contribution in [-0.2, 0) is 15.1 Å². The van der Waals surface area contributed by atoms with Gasteiger partial charge in [-0.1, -0.05) is 36.4 Å². The number of hydrogen-bond donors (Lipinski definition) is 3. The molecule has 0 saturated carbocycles. The summed E-state index contributed by atoms with van der Waals surface area (Å²) in [7, 11) is 1.45. The molecular formula is C18H15N3O5. The van der Waals surface area contributed by atoms with Gasteiger partial charge in [0.25, 0.3) is 17.7 Å². The Kier molecular flexibility index (Phi) is 4.40. The predicted molar refractivity (Wildman–Crippen MR) is 90.3 cm³/mol. The van der Waals surface area contributed by atoms with Crippen molar-refractivity contribution >= 4 is 23.8 Å². The Hall–Kier alpha value is -3.68. The van der Waals surface area contributed by atoms with Gasteiger partial charge in [0.2, 0.25) is 5.54 Å². The molecule has 132 valence electrons. The van der Waals surface area contributed by atoms with Gasteiger partial charge in [0, 0.05) is 5.56 Å². The Labute approximate surface area is 148 Å². The fourth-order valence-electron chi connectivity index (χ4n) is 2.67. The number of urea groups is 1. The number of ether oxygens (including phenoxy) is 1. The Bertz CT molecular complexity index is 875. The van der Waals surface area contributed by atoms with Crippen LogP contribution in [0.25, 0.3) is 0 Å². The van der Waals surface area contributed by atoms with E-state index in [0.29, 0.717) is 5.75 Å². The van der Waals surface area contributed by atoms with E-state index in [-0.39, 0.29) is 11.1 Å². The number of nitrogens with one attached hydrogen (secondary N) is 3. The van der Waals surface area contributed by atoms with Crippen LogP contribution in [0.2, 0.25) is 0 Å². The van der Waals surface area contributed by atoms with E-state index in [1.807, 2.05) is 10.6 Å². The fourth-order valence-corrected chi connectivity index (χ4v) is 2.67. The molecule has 5 amide bonds. The van der Waals surface area contributed by atoms with Crippen molar-refractivity contribution in [1.82, 2.24) is 16.0 Å². The van der Waals surface area contributed by atoms with Crippen molar-refractivity contribution in [2.75, 3.05) is 7.11 Å². The summed E-state index contributed by atoms with van der Waals surface area (Å²) in [6.07, 6.45) is 0. The van der Waals surface area contributed by atoms with E-state index in [9.17, 15) is 19.2 Å². The fraction of sp³-hybridized carbons (Fsp3) is 0.111. The lowest BCUT2D eigenvalue weighted by Gasteiger charge is -2.34. The summed E-state index contributed by atoms with van der Waals surface area (Å²) in [6.45, 7) is 0. The Balaban J connectivity index is 2.04. The van der Waals surface area contributed by atoms with Crippen molar-refractivity contribution in [2.45, 2.75) is 5.54 Å². The summed E-state index contributed by atoms with van der Waals surface area (Å²) in [4.78, 5) is 49.4. The number of hydrogen-bond acceptors (Lipinski definition) is 5. The molecule has 1 aliphatic heterocycles. The number of rotatable bonds is 4. The minimum Gasteiger partial charge on any atom is -0.497 e. The lowest BCUT2D eigenvalue weighted by molar-refractivity contribution is -0.139. The lowest BCUT2D eigenvalue weighted by atomic mass is 9.86. The maximum Gasteiger partial charge on any atom is 0.328 e. The molecule has 0 radical (unpaired) electrons. The summed E-state index contributed by atoms with van der Waals surface area (Å²) >= 11 is 0. The van der Waals surface area contributed by atoms with Crippen molar-refractivity contribution in [3.05, 3.63) is 65.7 Å². The van der Waals surface area contributed by atoms with Crippen molar-refractivity contribution in [1.29, 1.82) is 0 Å².